The van der Waals surface area contributed by atoms with Gasteiger partial charge in [-0.25, -0.2) is 9.97 Å². The summed E-state index contributed by atoms with van der Waals surface area (Å²) in [6.45, 7) is 0. The van der Waals surface area contributed by atoms with Crippen molar-refractivity contribution in [3.05, 3.63) is 42.2 Å². The van der Waals surface area contributed by atoms with Crippen LogP contribution in [0.1, 0.15) is 43.6 Å². The molecule has 1 N–H and O–H groups in total. The summed E-state index contributed by atoms with van der Waals surface area (Å²) in [5.41, 5.74) is 2.33. The van der Waals surface area contributed by atoms with Crippen LogP contribution in [0.15, 0.2) is 36.7 Å². The third kappa shape index (κ3) is 3.15. The molecule has 1 aliphatic carbocycles. The second-order valence-corrected chi connectivity index (χ2v) is 5.46. The first-order valence-corrected chi connectivity index (χ1v) is 7.59. The van der Waals surface area contributed by atoms with Gasteiger partial charge in [0, 0.05) is 12.4 Å². The lowest BCUT2D eigenvalue weighted by molar-refractivity contribution is 0.412. The number of ether oxygens (including phenoxy) is 1. The van der Waals surface area contributed by atoms with Gasteiger partial charge in [0.05, 0.1) is 12.8 Å². The maximum absolute atomic E-state index is 5.53. The Bertz CT molecular complexity index is 580. The van der Waals surface area contributed by atoms with Crippen LogP contribution in [0.5, 0.6) is 5.75 Å². The first-order valence-electron chi connectivity index (χ1n) is 7.59. The van der Waals surface area contributed by atoms with Crippen molar-refractivity contribution in [3.8, 4) is 5.75 Å². The van der Waals surface area contributed by atoms with Crippen LogP contribution in [0.4, 0.5) is 11.6 Å². The topological polar surface area (TPSA) is 47.0 Å². The third-order valence-electron chi connectivity index (χ3n) is 4.13. The minimum atomic E-state index is 0.597. The number of anilines is 2. The number of aromatic nitrogens is 2. The molecular formula is C17H21N3O. The van der Waals surface area contributed by atoms with Crippen molar-refractivity contribution in [3.63, 3.8) is 0 Å². The second kappa shape index (κ2) is 6.57. The number of para-hydroxylation sites is 1. The van der Waals surface area contributed by atoms with E-state index in [2.05, 4.69) is 27.4 Å². The van der Waals surface area contributed by atoms with E-state index in [9.17, 15) is 0 Å². The van der Waals surface area contributed by atoms with Gasteiger partial charge in [0.25, 0.3) is 0 Å². The zero-order valence-electron chi connectivity index (χ0n) is 12.4. The van der Waals surface area contributed by atoms with E-state index in [0.717, 1.165) is 11.4 Å². The molecule has 4 nitrogen and oxygen atoms in total. The number of hydrogen-bond donors (Lipinski definition) is 1. The summed E-state index contributed by atoms with van der Waals surface area (Å²) in [6.07, 6.45) is 9.95. The number of nitrogens with one attached hydrogen (secondary N) is 1. The maximum atomic E-state index is 5.53. The van der Waals surface area contributed by atoms with Gasteiger partial charge in [-0.3, -0.25) is 0 Å². The Hall–Kier alpha value is -2.10. The quantitative estimate of drug-likeness (QED) is 0.910. The van der Waals surface area contributed by atoms with E-state index in [1.54, 1.807) is 19.5 Å². The van der Waals surface area contributed by atoms with E-state index in [1.807, 2.05) is 12.1 Å². The molecule has 0 unspecified atom stereocenters. The lowest BCUT2D eigenvalue weighted by Crippen LogP contribution is -2.09. The number of methoxy groups -OCH3 is 1. The fraction of sp³-hybridized carbons (Fsp3) is 0.412. The van der Waals surface area contributed by atoms with E-state index in [1.165, 1.54) is 37.7 Å². The monoisotopic (exact) mass is 283 g/mol. The highest BCUT2D eigenvalue weighted by Gasteiger charge is 2.21. The number of hydrogen-bond acceptors (Lipinski definition) is 4. The molecule has 1 aromatic carbocycles. The Morgan fingerprint density at radius 1 is 1.05 bits per heavy atom. The van der Waals surface area contributed by atoms with Crippen LogP contribution < -0.4 is 10.1 Å². The van der Waals surface area contributed by atoms with Gasteiger partial charge < -0.3 is 10.1 Å². The van der Waals surface area contributed by atoms with E-state index in [4.69, 9.17) is 4.74 Å². The van der Waals surface area contributed by atoms with Crippen molar-refractivity contribution < 1.29 is 4.74 Å². The summed E-state index contributed by atoms with van der Waals surface area (Å²) in [6, 6.07) is 8.07. The van der Waals surface area contributed by atoms with Gasteiger partial charge >= 0.3 is 0 Å². The van der Waals surface area contributed by atoms with Crippen LogP contribution in [0.25, 0.3) is 0 Å². The zero-order chi connectivity index (χ0) is 14.5. The van der Waals surface area contributed by atoms with Gasteiger partial charge in [0.2, 0.25) is 5.95 Å². The van der Waals surface area contributed by atoms with E-state index < -0.39 is 0 Å². The molecule has 0 bridgehead atoms. The van der Waals surface area contributed by atoms with Crippen molar-refractivity contribution >= 4 is 11.6 Å². The molecule has 0 atom stereocenters. The van der Waals surface area contributed by atoms with Crippen LogP contribution >= 0.6 is 0 Å². The first-order chi connectivity index (χ1) is 10.4. The molecule has 0 spiro atoms. The SMILES string of the molecule is COc1cccc(C2CCCCC2)c1Nc1ncccn1. The van der Waals surface area contributed by atoms with Crippen molar-refractivity contribution in [2.24, 2.45) is 0 Å². The third-order valence-corrected chi connectivity index (χ3v) is 4.13. The van der Waals surface area contributed by atoms with Crippen LogP contribution in [0.2, 0.25) is 0 Å². The highest BCUT2D eigenvalue weighted by Crippen LogP contribution is 2.41. The Labute approximate surface area is 125 Å². The molecule has 21 heavy (non-hydrogen) atoms. The molecule has 4 heteroatoms. The summed E-state index contributed by atoms with van der Waals surface area (Å²) in [7, 11) is 1.71. The van der Waals surface area contributed by atoms with E-state index >= 15 is 0 Å². The van der Waals surface area contributed by atoms with Crippen LogP contribution in [0.3, 0.4) is 0 Å². The average molecular weight is 283 g/mol. The van der Waals surface area contributed by atoms with Gasteiger partial charge in [0.15, 0.2) is 0 Å². The van der Waals surface area contributed by atoms with Crippen LogP contribution in [-0.4, -0.2) is 17.1 Å². The van der Waals surface area contributed by atoms with Crippen molar-refractivity contribution in [2.45, 2.75) is 38.0 Å². The van der Waals surface area contributed by atoms with Crippen molar-refractivity contribution in [1.82, 2.24) is 9.97 Å². The predicted molar refractivity (Wildman–Crippen MR) is 84.1 cm³/mol. The molecule has 2 aromatic rings. The molecule has 1 saturated carbocycles. The first kappa shape index (κ1) is 13.9. The molecule has 1 aliphatic rings. The second-order valence-electron chi connectivity index (χ2n) is 5.46. The summed E-state index contributed by atoms with van der Waals surface area (Å²) < 4.78 is 5.53. The molecule has 0 aliphatic heterocycles. The molecule has 0 radical (unpaired) electrons. The fourth-order valence-electron chi connectivity index (χ4n) is 3.08. The minimum absolute atomic E-state index is 0.597. The Morgan fingerprint density at radius 3 is 2.52 bits per heavy atom. The molecule has 1 aromatic heterocycles. The van der Waals surface area contributed by atoms with E-state index in [0.29, 0.717) is 11.9 Å². The fourth-order valence-corrected chi connectivity index (χ4v) is 3.08. The van der Waals surface area contributed by atoms with Gasteiger partial charge in [-0.2, -0.15) is 0 Å². The van der Waals surface area contributed by atoms with Crippen LogP contribution in [0, 0.1) is 0 Å². The summed E-state index contributed by atoms with van der Waals surface area (Å²) >= 11 is 0. The van der Waals surface area contributed by atoms with Gasteiger partial charge in [0.1, 0.15) is 5.75 Å². The lowest BCUT2D eigenvalue weighted by atomic mass is 9.83. The highest BCUT2D eigenvalue weighted by molar-refractivity contribution is 5.68. The largest absolute Gasteiger partial charge is 0.495 e. The lowest BCUT2D eigenvalue weighted by Gasteiger charge is -2.25. The molecule has 1 fully saturated rings. The average Bonchev–Trinajstić information content (AvgIpc) is 2.57. The summed E-state index contributed by atoms with van der Waals surface area (Å²) in [4.78, 5) is 8.52. The van der Waals surface area contributed by atoms with Gasteiger partial charge in [-0.1, -0.05) is 31.4 Å². The van der Waals surface area contributed by atoms with Gasteiger partial charge in [-0.15, -0.1) is 0 Å². The summed E-state index contributed by atoms with van der Waals surface area (Å²) in [5, 5.41) is 3.34. The molecule has 0 amide bonds. The zero-order valence-corrected chi connectivity index (χ0v) is 12.4. The molecule has 0 saturated heterocycles. The summed E-state index contributed by atoms with van der Waals surface area (Å²) in [5.74, 6) is 2.06. The predicted octanol–water partition coefficient (Wildman–Crippen LogP) is 4.28. The molecule has 110 valence electrons. The van der Waals surface area contributed by atoms with Crippen molar-refractivity contribution in [2.75, 3.05) is 12.4 Å². The molecular weight excluding hydrogens is 262 g/mol. The Kier molecular flexibility index (Phi) is 4.34. The minimum Gasteiger partial charge on any atom is -0.495 e. The van der Waals surface area contributed by atoms with E-state index in [-0.39, 0.29) is 0 Å². The highest BCUT2D eigenvalue weighted by atomic mass is 16.5. The molecule has 3 rings (SSSR count). The standard InChI is InChI=1S/C17H21N3O/c1-21-15-10-5-9-14(13-7-3-2-4-8-13)16(15)20-17-18-11-6-12-19-17/h5-6,9-13H,2-4,7-8H2,1H3,(H,18,19,20). The van der Waals surface area contributed by atoms with Crippen molar-refractivity contribution in [1.29, 1.82) is 0 Å². The normalized spacial score (nSPS) is 15.7. The number of benzene rings is 1. The Morgan fingerprint density at radius 2 is 1.81 bits per heavy atom. The number of rotatable bonds is 4. The maximum Gasteiger partial charge on any atom is 0.227 e. The van der Waals surface area contributed by atoms with Crippen LogP contribution in [-0.2, 0) is 0 Å². The molecule has 1 heterocycles. The number of nitrogens with zero attached hydrogens (tertiary/aromatic N) is 2. The van der Waals surface area contributed by atoms with Gasteiger partial charge in [-0.05, 0) is 36.5 Å². The smallest absolute Gasteiger partial charge is 0.227 e. The Balaban J connectivity index is 1.95.